The van der Waals surface area contributed by atoms with Crippen LogP contribution in [-0.2, 0) is 12.3 Å². The molecule has 0 aromatic heterocycles. The summed E-state index contributed by atoms with van der Waals surface area (Å²) in [6.45, 7) is 11.1. The zero-order valence-electron chi connectivity index (χ0n) is 14.6. The van der Waals surface area contributed by atoms with Gasteiger partial charge < -0.3 is 12.3 Å². The topological polar surface area (TPSA) is 27.7 Å². The summed E-state index contributed by atoms with van der Waals surface area (Å²) >= 11 is 0. The molecule has 6 heteroatoms. The summed E-state index contributed by atoms with van der Waals surface area (Å²) in [7, 11) is -6.69. The van der Waals surface area contributed by atoms with E-state index in [1.807, 2.05) is 0 Å². The summed E-state index contributed by atoms with van der Waals surface area (Å²) in [5.41, 5.74) is 0. The average molecular weight is 355 g/mol. The average Bonchev–Trinajstić information content (AvgIpc) is 2.61. The fraction of sp³-hybridized carbons (Fsp3) is 0.625. The van der Waals surface area contributed by atoms with E-state index in [9.17, 15) is 0 Å². The molecule has 124 valence electrons. The maximum Gasteiger partial charge on any atom is 0.354 e. The molecule has 1 aliphatic rings. The van der Waals surface area contributed by atoms with Crippen molar-refractivity contribution in [3.05, 3.63) is 30.3 Å². The first-order valence-electron chi connectivity index (χ1n) is 8.69. The van der Waals surface area contributed by atoms with Gasteiger partial charge in [0, 0.05) is 0 Å². The first kappa shape index (κ1) is 18.1. The summed E-state index contributed by atoms with van der Waals surface area (Å²) in [4.78, 5) is 0. The van der Waals surface area contributed by atoms with Gasteiger partial charge in [0.2, 0.25) is 0 Å². The van der Waals surface area contributed by atoms with Gasteiger partial charge in [-0.05, 0) is 35.4 Å². The van der Waals surface area contributed by atoms with Crippen LogP contribution in [-0.4, -0.2) is 25.7 Å². The lowest BCUT2D eigenvalue weighted by molar-refractivity contribution is 0.221. The van der Waals surface area contributed by atoms with Crippen LogP contribution in [0.3, 0.4) is 0 Å². The summed E-state index contributed by atoms with van der Waals surface area (Å²) in [6, 6.07) is 15.7. The summed E-state index contributed by atoms with van der Waals surface area (Å²) < 4.78 is 20.3. The zero-order valence-corrected chi connectivity index (χ0v) is 17.6. The lowest BCUT2D eigenvalue weighted by atomic mass is 10.4. The second-order valence-electron chi connectivity index (χ2n) is 6.01. The van der Waals surface area contributed by atoms with E-state index < -0.39 is 25.7 Å². The highest BCUT2D eigenvalue weighted by molar-refractivity contribution is 6.99. The maximum atomic E-state index is 6.82. The normalized spacial score (nSPS) is 22.4. The van der Waals surface area contributed by atoms with Gasteiger partial charge in [-0.25, -0.2) is 0 Å². The van der Waals surface area contributed by atoms with Gasteiger partial charge in [0.05, 0.1) is 0 Å². The summed E-state index contributed by atoms with van der Waals surface area (Å²) in [5, 5.41) is 1.28. The minimum Gasteiger partial charge on any atom is -0.415 e. The molecule has 0 spiro atoms. The number of hydrogen-bond acceptors (Lipinski definition) is 3. The van der Waals surface area contributed by atoms with E-state index in [1.54, 1.807) is 0 Å². The minimum atomic E-state index is -2.39. The van der Waals surface area contributed by atoms with Crippen molar-refractivity contribution in [1.29, 1.82) is 0 Å². The summed E-state index contributed by atoms with van der Waals surface area (Å²) in [6.07, 6.45) is 0. The quantitative estimate of drug-likeness (QED) is 0.709. The van der Waals surface area contributed by atoms with Crippen LogP contribution in [0.4, 0.5) is 0 Å². The van der Waals surface area contributed by atoms with Crippen molar-refractivity contribution in [2.45, 2.75) is 64.8 Å². The fourth-order valence-electron chi connectivity index (χ4n) is 3.24. The Morgan fingerprint density at radius 2 is 1.09 bits per heavy atom. The third-order valence-electron chi connectivity index (χ3n) is 4.91. The van der Waals surface area contributed by atoms with E-state index in [4.69, 9.17) is 12.3 Å². The SMILES string of the molecule is CC[Si]1(CC)O[Si](CC)(CC)O[Si](CC)(c2ccccc2)O1. The van der Waals surface area contributed by atoms with Crippen LogP contribution in [0.1, 0.15) is 34.6 Å². The molecular weight excluding hydrogens is 324 g/mol. The van der Waals surface area contributed by atoms with Crippen LogP contribution >= 0.6 is 0 Å². The van der Waals surface area contributed by atoms with E-state index in [0.717, 1.165) is 30.2 Å². The van der Waals surface area contributed by atoms with Gasteiger partial charge in [-0.15, -0.1) is 0 Å². The van der Waals surface area contributed by atoms with Crippen LogP contribution in [0.2, 0.25) is 30.2 Å². The predicted octanol–water partition coefficient (Wildman–Crippen LogP) is 4.38. The molecule has 0 amide bonds. The largest absolute Gasteiger partial charge is 0.415 e. The van der Waals surface area contributed by atoms with Crippen molar-refractivity contribution in [2.24, 2.45) is 0 Å². The Morgan fingerprint density at radius 1 is 0.636 bits per heavy atom. The third-order valence-corrected chi connectivity index (χ3v) is 20.0. The standard InChI is InChI=1S/C16H30O3Si3/c1-6-20(7-2)17-21(8-3,9-4)19-22(10-5,18-20)16-14-12-11-13-15-16/h11-15H,6-10H2,1-5H3. The van der Waals surface area contributed by atoms with Crippen molar-refractivity contribution in [3.8, 4) is 0 Å². The molecule has 0 aliphatic carbocycles. The van der Waals surface area contributed by atoms with Crippen molar-refractivity contribution in [3.63, 3.8) is 0 Å². The molecule has 0 bridgehead atoms. The van der Waals surface area contributed by atoms with Crippen LogP contribution in [0.5, 0.6) is 0 Å². The van der Waals surface area contributed by atoms with Gasteiger partial charge in [-0.2, -0.15) is 0 Å². The number of rotatable bonds is 6. The highest BCUT2D eigenvalue weighted by Crippen LogP contribution is 2.39. The molecule has 1 aromatic rings. The molecule has 1 fully saturated rings. The molecule has 0 radical (unpaired) electrons. The van der Waals surface area contributed by atoms with Gasteiger partial charge in [-0.1, -0.05) is 65.0 Å². The van der Waals surface area contributed by atoms with Gasteiger partial charge in [-0.3, -0.25) is 0 Å². The Balaban J connectivity index is 2.53. The molecule has 3 nitrogen and oxygen atoms in total. The molecule has 1 aromatic carbocycles. The second-order valence-corrected chi connectivity index (χ2v) is 17.7. The van der Waals surface area contributed by atoms with Crippen LogP contribution in [0, 0.1) is 0 Å². The molecule has 0 N–H and O–H groups in total. The van der Waals surface area contributed by atoms with E-state index >= 15 is 0 Å². The maximum absolute atomic E-state index is 6.82. The molecule has 1 aliphatic heterocycles. The van der Waals surface area contributed by atoms with Crippen molar-refractivity contribution < 1.29 is 12.3 Å². The van der Waals surface area contributed by atoms with E-state index in [-0.39, 0.29) is 0 Å². The Labute approximate surface area is 138 Å². The smallest absolute Gasteiger partial charge is 0.354 e. The number of benzene rings is 1. The molecule has 1 saturated heterocycles. The monoisotopic (exact) mass is 354 g/mol. The second kappa shape index (κ2) is 7.11. The van der Waals surface area contributed by atoms with Crippen LogP contribution in [0.25, 0.3) is 0 Å². The van der Waals surface area contributed by atoms with Crippen molar-refractivity contribution in [2.75, 3.05) is 0 Å². The Kier molecular flexibility index (Phi) is 5.84. The third kappa shape index (κ3) is 3.18. The lowest BCUT2D eigenvalue weighted by Crippen LogP contribution is -2.73. The van der Waals surface area contributed by atoms with Gasteiger partial charge in [0.15, 0.2) is 0 Å². The molecule has 1 heterocycles. The molecular formula is C16H30O3Si3. The van der Waals surface area contributed by atoms with Crippen LogP contribution < -0.4 is 5.19 Å². The number of hydrogen-bond donors (Lipinski definition) is 0. The molecule has 0 unspecified atom stereocenters. The van der Waals surface area contributed by atoms with E-state index in [2.05, 4.69) is 65.0 Å². The highest BCUT2D eigenvalue weighted by atomic mass is 28.5. The van der Waals surface area contributed by atoms with Crippen molar-refractivity contribution in [1.82, 2.24) is 0 Å². The highest BCUT2D eigenvalue weighted by Gasteiger charge is 2.59. The minimum absolute atomic E-state index is 0.962. The first-order chi connectivity index (χ1) is 10.5. The van der Waals surface area contributed by atoms with Crippen molar-refractivity contribution >= 4 is 30.9 Å². The zero-order chi connectivity index (χ0) is 16.3. The molecule has 0 saturated carbocycles. The Bertz CT molecular complexity index is 453. The Morgan fingerprint density at radius 3 is 1.45 bits per heavy atom. The molecule has 22 heavy (non-hydrogen) atoms. The first-order valence-corrected chi connectivity index (χ1v) is 15.2. The van der Waals surface area contributed by atoms with E-state index in [0.29, 0.717) is 0 Å². The molecule has 0 atom stereocenters. The Hall–Kier alpha value is -0.249. The van der Waals surface area contributed by atoms with Gasteiger partial charge >= 0.3 is 25.7 Å². The summed E-state index contributed by atoms with van der Waals surface area (Å²) in [5.74, 6) is 0. The molecule has 2 rings (SSSR count). The van der Waals surface area contributed by atoms with Gasteiger partial charge in [0.1, 0.15) is 0 Å². The fourth-order valence-corrected chi connectivity index (χ4v) is 21.2. The van der Waals surface area contributed by atoms with Gasteiger partial charge in [0.25, 0.3) is 0 Å². The van der Waals surface area contributed by atoms with Crippen LogP contribution in [0.15, 0.2) is 30.3 Å². The predicted molar refractivity (Wildman–Crippen MR) is 99.0 cm³/mol. The van der Waals surface area contributed by atoms with E-state index in [1.165, 1.54) is 5.19 Å². The lowest BCUT2D eigenvalue weighted by Gasteiger charge is -2.53.